The fourth-order valence-electron chi connectivity index (χ4n) is 2.28. The Hall–Kier alpha value is -1.35. The Labute approximate surface area is 107 Å². The van der Waals surface area contributed by atoms with Crippen LogP contribution < -0.4 is 5.32 Å². The fourth-order valence-corrected chi connectivity index (χ4v) is 2.28. The van der Waals surface area contributed by atoms with Gasteiger partial charge < -0.3 is 9.73 Å². The Morgan fingerprint density at radius 1 is 1.33 bits per heavy atom. The van der Waals surface area contributed by atoms with E-state index in [0.717, 1.165) is 17.9 Å². The lowest BCUT2D eigenvalue weighted by Gasteiger charge is -2.19. The first-order valence-corrected chi connectivity index (χ1v) is 6.46. The molecule has 1 N–H and O–H groups in total. The van der Waals surface area contributed by atoms with Crippen LogP contribution in [-0.4, -0.2) is 6.54 Å². The van der Waals surface area contributed by atoms with E-state index in [4.69, 9.17) is 4.42 Å². The van der Waals surface area contributed by atoms with Crippen LogP contribution in [0.5, 0.6) is 0 Å². The van der Waals surface area contributed by atoms with Gasteiger partial charge in [-0.1, -0.05) is 26.8 Å². The highest BCUT2D eigenvalue weighted by atomic mass is 19.1. The first-order valence-electron chi connectivity index (χ1n) is 6.46. The van der Waals surface area contributed by atoms with Crippen LogP contribution in [0.4, 0.5) is 4.39 Å². The third-order valence-electron chi connectivity index (χ3n) is 3.24. The van der Waals surface area contributed by atoms with E-state index in [9.17, 15) is 4.39 Å². The smallest absolute Gasteiger partial charge is 0.140 e. The molecule has 1 heterocycles. The molecule has 0 bridgehead atoms. The van der Waals surface area contributed by atoms with Gasteiger partial charge in [-0.05, 0) is 37.1 Å². The van der Waals surface area contributed by atoms with Crippen LogP contribution in [-0.2, 0) is 0 Å². The SMILES string of the molecule is CCNC(c1cc2c(F)ccc(C)c2o1)C(C)C. The van der Waals surface area contributed by atoms with Gasteiger partial charge in [0.05, 0.1) is 11.4 Å². The number of fused-ring (bicyclic) bond motifs is 1. The van der Waals surface area contributed by atoms with Crippen molar-refractivity contribution in [3.63, 3.8) is 0 Å². The highest BCUT2D eigenvalue weighted by Crippen LogP contribution is 2.31. The molecule has 0 spiro atoms. The summed E-state index contributed by atoms with van der Waals surface area (Å²) < 4.78 is 19.6. The summed E-state index contributed by atoms with van der Waals surface area (Å²) in [6.45, 7) is 9.12. The first-order chi connectivity index (χ1) is 8.54. The lowest BCUT2D eigenvalue weighted by Crippen LogP contribution is -2.24. The third kappa shape index (κ3) is 2.27. The van der Waals surface area contributed by atoms with Gasteiger partial charge in [-0.3, -0.25) is 0 Å². The summed E-state index contributed by atoms with van der Waals surface area (Å²) in [6.07, 6.45) is 0. The van der Waals surface area contributed by atoms with E-state index >= 15 is 0 Å². The summed E-state index contributed by atoms with van der Waals surface area (Å²) >= 11 is 0. The van der Waals surface area contributed by atoms with Crippen molar-refractivity contribution in [2.75, 3.05) is 6.54 Å². The number of rotatable bonds is 4. The number of hydrogen-bond acceptors (Lipinski definition) is 2. The van der Waals surface area contributed by atoms with E-state index in [0.29, 0.717) is 16.9 Å². The molecule has 0 amide bonds. The molecule has 0 aliphatic rings. The van der Waals surface area contributed by atoms with Crippen molar-refractivity contribution in [2.24, 2.45) is 5.92 Å². The number of nitrogens with one attached hydrogen (secondary N) is 1. The molecule has 0 fully saturated rings. The summed E-state index contributed by atoms with van der Waals surface area (Å²) in [5.74, 6) is 0.994. The molecule has 3 heteroatoms. The van der Waals surface area contributed by atoms with Crippen LogP contribution in [0, 0.1) is 18.7 Å². The Balaban J connectivity index is 2.52. The zero-order valence-electron chi connectivity index (χ0n) is 11.4. The van der Waals surface area contributed by atoms with Gasteiger partial charge in [0.25, 0.3) is 0 Å². The highest BCUT2D eigenvalue weighted by molar-refractivity contribution is 5.81. The van der Waals surface area contributed by atoms with Gasteiger partial charge in [-0.25, -0.2) is 4.39 Å². The molecule has 0 saturated heterocycles. The molecular weight excluding hydrogens is 229 g/mol. The topological polar surface area (TPSA) is 25.2 Å². The van der Waals surface area contributed by atoms with Gasteiger partial charge in [0.15, 0.2) is 0 Å². The molecule has 0 saturated carbocycles. The van der Waals surface area contributed by atoms with Gasteiger partial charge in [0, 0.05) is 0 Å². The maximum Gasteiger partial charge on any atom is 0.140 e. The lowest BCUT2D eigenvalue weighted by atomic mass is 10.0. The van der Waals surface area contributed by atoms with Crippen molar-refractivity contribution in [3.8, 4) is 0 Å². The second-order valence-corrected chi connectivity index (χ2v) is 5.04. The number of aryl methyl sites for hydroxylation is 1. The molecule has 2 rings (SSSR count). The van der Waals surface area contributed by atoms with Crippen molar-refractivity contribution in [3.05, 3.63) is 35.3 Å². The Bertz CT molecular complexity index is 506. The molecule has 2 aromatic rings. The molecule has 18 heavy (non-hydrogen) atoms. The van der Waals surface area contributed by atoms with Crippen molar-refractivity contribution in [1.29, 1.82) is 0 Å². The molecule has 1 unspecified atom stereocenters. The van der Waals surface area contributed by atoms with E-state index in [-0.39, 0.29) is 11.9 Å². The summed E-state index contributed by atoms with van der Waals surface area (Å²) in [4.78, 5) is 0. The predicted molar refractivity (Wildman–Crippen MR) is 72.2 cm³/mol. The molecule has 1 atom stereocenters. The van der Waals surface area contributed by atoms with E-state index in [2.05, 4.69) is 26.1 Å². The zero-order chi connectivity index (χ0) is 13.3. The zero-order valence-corrected chi connectivity index (χ0v) is 11.4. The van der Waals surface area contributed by atoms with Gasteiger partial charge in [-0.2, -0.15) is 0 Å². The maximum atomic E-state index is 13.7. The minimum Gasteiger partial charge on any atom is -0.459 e. The fraction of sp³-hybridized carbons (Fsp3) is 0.467. The van der Waals surface area contributed by atoms with Crippen LogP contribution in [0.2, 0.25) is 0 Å². The van der Waals surface area contributed by atoms with Gasteiger partial charge in [0.1, 0.15) is 17.2 Å². The maximum absolute atomic E-state index is 13.7. The van der Waals surface area contributed by atoms with Crippen molar-refractivity contribution < 1.29 is 8.81 Å². The average molecular weight is 249 g/mol. The molecular formula is C15H20FNO. The molecule has 0 radical (unpaired) electrons. The average Bonchev–Trinajstić information content (AvgIpc) is 2.76. The number of hydrogen-bond donors (Lipinski definition) is 1. The number of benzene rings is 1. The van der Waals surface area contributed by atoms with Crippen molar-refractivity contribution >= 4 is 11.0 Å². The molecule has 1 aromatic carbocycles. The molecule has 2 nitrogen and oxygen atoms in total. The molecule has 0 aliphatic heterocycles. The Kier molecular flexibility index (Phi) is 3.71. The summed E-state index contributed by atoms with van der Waals surface area (Å²) in [7, 11) is 0. The Morgan fingerprint density at radius 2 is 2.06 bits per heavy atom. The summed E-state index contributed by atoms with van der Waals surface area (Å²) in [5.41, 5.74) is 1.63. The predicted octanol–water partition coefficient (Wildman–Crippen LogP) is 4.19. The van der Waals surface area contributed by atoms with E-state index in [1.807, 2.05) is 13.0 Å². The normalized spacial score (nSPS) is 13.4. The van der Waals surface area contributed by atoms with Gasteiger partial charge in [-0.15, -0.1) is 0 Å². The van der Waals surface area contributed by atoms with Crippen LogP contribution in [0.15, 0.2) is 22.6 Å². The van der Waals surface area contributed by atoms with Crippen LogP contribution in [0.3, 0.4) is 0 Å². The Morgan fingerprint density at radius 3 is 2.61 bits per heavy atom. The summed E-state index contributed by atoms with van der Waals surface area (Å²) in [6, 6.07) is 5.20. The second-order valence-electron chi connectivity index (χ2n) is 5.04. The highest BCUT2D eigenvalue weighted by Gasteiger charge is 2.20. The third-order valence-corrected chi connectivity index (χ3v) is 3.24. The quantitative estimate of drug-likeness (QED) is 0.879. The van der Waals surface area contributed by atoms with Gasteiger partial charge >= 0.3 is 0 Å². The monoisotopic (exact) mass is 249 g/mol. The summed E-state index contributed by atoms with van der Waals surface area (Å²) in [5, 5.41) is 3.96. The van der Waals surface area contributed by atoms with Crippen molar-refractivity contribution in [2.45, 2.75) is 33.7 Å². The number of halogens is 1. The van der Waals surface area contributed by atoms with Crippen molar-refractivity contribution in [1.82, 2.24) is 5.32 Å². The molecule has 1 aromatic heterocycles. The minimum atomic E-state index is -0.218. The lowest BCUT2D eigenvalue weighted by molar-refractivity contribution is 0.356. The second kappa shape index (κ2) is 5.11. The van der Waals surface area contributed by atoms with Crippen LogP contribution >= 0.6 is 0 Å². The van der Waals surface area contributed by atoms with Crippen LogP contribution in [0.1, 0.15) is 38.1 Å². The largest absolute Gasteiger partial charge is 0.459 e. The van der Waals surface area contributed by atoms with E-state index in [1.54, 1.807) is 6.07 Å². The van der Waals surface area contributed by atoms with Crippen LogP contribution in [0.25, 0.3) is 11.0 Å². The first kappa shape index (κ1) is 13.1. The van der Waals surface area contributed by atoms with Gasteiger partial charge in [0.2, 0.25) is 0 Å². The van der Waals surface area contributed by atoms with E-state index < -0.39 is 0 Å². The standard InChI is InChI=1S/C15H20FNO/c1-5-17-14(9(2)3)13-8-11-12(16)7-6-10(4)15(11)18-13/h6-9,14,17H,5H2,1-4H3. The molecule has 0 aliphatic carbocycles. The number of furan rings is 1. The van der Waals surface area contributed by atoms with E-state index in [1.165, 1.54) is 6.07 Å². The molecule has 98 valence electrons. The minimum absolute atomic E-state index is 0.126.